The van der Waals surface area contributed by atoms with Crippen molar-refractivity contribution in [3.05, 3.63) is 0 Å². The molecule has 14 heavy (non-hydrogen) atoms. The standard InChI is InChI=1S/C11H21N3/c1-10(6-12)8-14-5-3-2-4-11(7-13)9-14/h10-11H,2-5,7-9,13H2,1H3. The summed E-state index contributed by atoms with van der Waals surface area (Å²) >= 11 is 0. The van der Waals surface area contributed by atoms with Crippen molar-refractivity contribution in [3.8, 4) is 6.07 Å². The molecule has 0 aromatic carbocycles. The van der Waals surface area contributed by atoms with E-state index in [-0.39, 0.29) is 5.92 Å². The first kappa shape index (κ1) is 11.5. The molecule has 0 amide bonds. The predicted molar refractivity (Wildman–Crippen MR) is 57.6 cm³/mol. The van der Waals surface area contributed by atoms with Crippen LogP contribution in [0.2, 0.25) is 0 Å². The highest BCUT2D eigenvalue weighted by Gasteiger charge is 2.18. The molecule has 0 saturated carbocycles. The zero-order chi connectivity index (χ0) is 10.4. The Morgan fingerprint density at radius 3 is 3.00 bits per heavy atom. The molecule has 0 aromatic rings. The number of likely N-dealkylation sites (tertiary alicyclic amines) is 1. The lowest BCUT2D eigenvalue weighted by Gasteiger charge is -2.24. The van der Waals surface area contributed by atoms with E-state index >= 15 is 0 Å². The lowest BCUT2D eigenvalue weighted by atomic mass is 10.0. The van der Waals surface area contributed by atoms with Gasteiger partial charge in [-0.25, -0.2) is 0 Å². The predicted octanol–water partition coefficient (Wildman–Crippen LogP) is 1.21. The first-order chi connectivity index (χ1) is 6.76. The van der Waals surface area contributed by atoms with E-state index in [4.69, 9.17) is 11.0 Å². The fourth-order valence-corrected chi connectivity index (χ4v) is 2.10. The third kappa shape index (κ3) is 3.65. The number of rotatable bonds is 3. The third-order valence-electron chi connectivity index (χ3n) is 2.94. The number of nitriles is 1. The van der Waals surface area contributed by atoms with Gasteiger partial charge in [-0.15, -0.1) is 0 Å². The number of hydrogen-bond donors (Lipinski definition) is 1. The summed E-state index contributed by atoms with van der Waals surface area (Å²) in [5.74, 6) is 0.787. The zero-order valence-electron chi connectivity index (χ0n) is 9.08. The van der Waals surface area contributed by atoms with Crippen LogP contribution in [0.4, 0.5) is 0 Å². The molecule has 3 nitrogen and oxygen atoms in total. The minimum atomic E-state index is 0.145. The van der Waals surface area contributed by atoms with Crippen LogP contribution in [-0.4, -0.2) is 31.1 Å². The zero-order valence-corrected chi connectivity index (χ0v) is 9.08. The van der Waals surface area contributed by atoms with Gasteiger partial charge < -0.3 is 10.6 Å². The van der Waals surface area contributed by atoms with Crippen LogP contribution in [0.25, 0.3) is 0 Å². The van der Waals surface area contributed by atoms with Gasteiger partial charge in [0.25, 0.3) is 0 Å². The third-order valence-corrected chi connectivity index (χ3v) is 2.94. The van der Waals surface area contributed by atoms with Gasteiger partial charge in [0.05, 0.1) is 12.0 Å². The Balaban J connectivity index is 2.39. The Hall–Kier alpha value is -0.590. The van der Waals surface area contributed by atoms with Crippen molar-refractivity contribution < 1.29 is 0 Å². The van der Waals surface area contributed by atoms with Crippen molar-refractivity contribution in [1.82, 2.24) is 4.90 Å². The van der Waals surface area contributed by atoms with Crippen molar-refractivity contribution in [2.45, 2.75) is 26.2 Å². The van der Waals surface area contributed by atoms with Gasteiger partial charge in [-0.05, 0) is 38.8 Å². The van der Waals surface area contributed by atoms with Gasteiger partial charge in [-0.3, -0.25) is 0 Å². The van der Waals surface area contributed by atoms with Gasteiger partial charge in [-0.2, -0.15) is 5.26 Å². The molecule has 0 aromatic heterocycles. The number of hydrogen-bond acceptors (Lipinski definition) is 3. The van der Waals surface area contributed by atoms with E-state index in [1.54, 1.807) is 0 Å². The monoisotopic (exact) mass is 195 g/mol. The number of nitrogens with zero attached hydrogens (tertiary/aromatic N) is 2. The maximum absolute atomic E-state index is 8.76. The fourth-order valence-electron chi connectivity index (χ4n) is 2.10. The summed E-state index contributed by atoms with van der Waals surface area (Å²) in [5.41, 5.74) is 5.71. The molecule has 80 valence electrons. The van der Waals surface area contributed by atoms with Crippen molar-refractivity contribution in [2.75, 3.05) is 26.2 Å². The molecule has 1 rings (SSSR count). The summed E-state index contributed by atoms with van der Waals surface area (Å²) in [6.07, 6.45) is 3.81. The molecule has 1 aliphatic heterocycles. The van der Waals surface area contributed by atoms with Gasteiger partial charge in [0.1, 0.15) is 0 Å². The first-order valence-electron chi connectivity index (χ1n) is 5.58. The van der Waals surface area contributed by atoms with Crippen LogP contribution < -0.4 is 5.73 Å². The minimum Gasteiger partial charge on any atom is -0.330 e. The Kier molecular flexibility index (Phi) is 4.92. The van der Waals surface area contributed by atoms with Gasteiger partial charge in [0.15, 0.2) is 0 Å². The summed E-state index contributed by atoms with van der Waals surface area (Å²) in [6.45, 7) is 5.91. The van der Waals surface area contributed by atoms with Gasteiger partial charge >= 0.3 is 0 Å². The van der Waals surface area contributed by atoms with Crippen LogP contribution in [0.5, 0.6) is 0 Å². The molecule has 3 heteroatoms. The Labute approximate surface area is 86.9 Å². The van der Waals surface area contributed by atoms with E-state index in [0.29, 0.717) is 5.92 Å². The molecule has 1 heterocycles. The van der Waals surface area contributed by atoms with E-state index < -0.39 is 0 Å². The topological polar surface area (TPSA) is 53.0 Å². The highest BCUT2D eigenvalue weighted by molar-refractivity contribution is 4.83. The first-order valence-corrected chi connectivity index (χ1v) is 5.58. The molecular weight excluding hydrogens is 174 g/mol. The van der Waals surface area contributed by atoms with Crippen molar-refractivity contribution in [1.29, 1.82) is 5.26 Å². The molecule has 0 spiro atoms. The lowest BCUT2D eigenvalue weighted by molar-refractivity contribution is 0.235. The second-order valence-electron chi connectivity index (χ2n) is 4.39. The second kappa shape index (κ2) is 6.00. The molecule has 1 aliphatic rings. The summed E-state index contributed by atoms with van der Waals surface area (Å²) in [7, 11) is 0. The minimum absolute atomic E-state index is 0.145. The van der Waals surface area contributed by atoms with Crippen LogP contribution in [0.1, 0.15) is 26.2 Å². The van der Waals surface area contributed by atoms with Gasteiger partial charge in [-0.1, -0.05) is 6.42 Å². The van der Waals surface area contributed by atoms with Crippen LogP contribution in [0.15, 0.2) is 0 Å². The Morgan fingerprint density at radius 1 is 1.57 bits per heavy atom. The summed E-state index contributed by atoms with van der Waals surface area (Å²) in [4.78, 5) is 2.40. The fraction of sp³-hybridized carbons (Fsp3) is 0.909. The second-order valence-corrected chi connectivity index (χ2v) is 4.39. The van der Waals surface area contributed by atoms with Crippen molar-refractivity contribution >= 4 is 0 Å². The maximum atomic E-state index is 8.76. The highest BCUT2D eigenvalue weighted by atomic mass is 15.1. The summed E-state index contributed by atoms with van der Waals surface area (Å²) < 4.78 is 0. The molecule has 2 N–H and O–H groups in total. The number of nitrogens with two attached hydrogens (primary N) is 1. The van der Waals surface area contributed by atoms with E-state index in [1.165, 1.54) is 19.3 Å². The van der Waals surface area contributed by atoms with Gasteiger partial charge in [0.2, 0.25) is 0 Å². The maximum Gasteiger partial charge on any atom is 0.0666 e. The Bertz CT molecular complexity index is 197. The van der Waals surface area contributed by atoms with Crippen molar-refractivity contribution in [3.63, 3.8) is 0 Å². The largest absolute Gasteiger partial charge is 0.330 e. The molecule has 0 bridgehead atoms. The SMILES string of the molecule is CC(C#N)CN1CCCCC(CN)C1. The van der Waals surface area contributed by atoms with E-state index in [2.05, 4.69) is 11.0 Å². The van der Waals surface area contributed by atoms with Crippen LogP contribution >= 0.6 is 0 Å². The highest BCUT2D eigenvalue weighted by Crippen LogP contribution is 2.16. The molecular formula is C11H21N3. The van der Waals surface area contributed by atoms with Crippen LogP contribution in [0.3, 0.4) is 0 Å². The molecule has 0 radical (unpaired) electrons. The van der Waals surface area contributed by atoms with E-state index in [0.717, 1.165) is 26.2 Å². The summed E-state index contributed by atoms with van der Waals surface area (Å²) in [5, 5.41) is 8.76. The average Bonchev–Trinajstić information content (AvgIpc) is 2.42. The molecule has 2 unspecified atom stereocenters. The smallest absolute Gasteiger partial charge is 0.0666 e. The van der Waals surface area contributed by atoms with Crippen LogP contribution in [-0.2, 0) is 0 Å². The quantitative estimate of drug-likeness (QED) is 0.736. The molecule has 2 atom stereocenters. The van der Waals surface area contributed by atoms with Crippen LogP contribution in [0, 0.1) is 23.2 Å². The van der Waals surface area contributed by atoms with E-state index in [9.17, 15) is 0 Å². The molecule has 1 saturated heterocycles. The van der Waals surface area contributed by atoms with Crippen molar-refractivity contribution in [2.24, 2.45) is 17.6 Å². The van der Waals surface area contributed by atoms with E-state index in [1.807, 2.05) is 6.92 Å². The summed E-state index contributed by atoms with van der Waals surface area (Å²) in [6, 6.07) is 2.29. The Morgan fingerprint density at radius 2 is 2.36 bits per heavy atom. The van der Waals surface area contributed by atoms with Gasteiger partial charge in [0, 0.05) is 13.1 Å². The average molecular weight is 195 g/mol. The lowest BCUT2D eigenvalue weighted by Crippen LogP contribution is -2.34. The molecule has 1 fully saturated rings. The normalized spacial score (nSPS) is 26.5. The molecule has 0 aliphatic carbocycles.